The first-order valence-corrected chi connectivity index (χ1v) is 17.8. The second-order valence-electron chi connectivity index (χ2n) is 11.1. The van der Waals surface area contributed by atoms with Crippen molar-refractivity contribution in [2.75, 3.05) is 13.7 Å². The van der Waals surface area contributed by atoms with Crippen LogP contribution >= 0.6 is 19.4 Å². The zero-order valence-electron chi connectivity index (χ0n) is 26.0. The SMILES string of the molecule is CCCCCCCCCCCCCCCCCC(COP(=O)(OC)Oc1ccccc1Cl)OCc1cc(F)cc(C#N)c1. The van der Waals surface area contributed by atoms with Crippen molar-refractivity contribution in [3.63, 3.8) is 0 Å². The first kappa shape index (κ1) is 37.2. The van der Waals surface area contributed by atoms with Crippen LogP contribution in [-0.4, -0.2) is 19.8 Å². The number of rotatable bonds is 25. The molecule has 2 aromatic rings. The van der Waals surface area contributed by atoms with E-state index in [1.165, 1.54) is 96.3 Å². The van der Waals surface area contributed by atoms with Crippen molar-refractivity contribution < 1.29 is 27.3 Å². The maximum atomic E-state index is 13.9. The number of hydrogen-bond donors (Lipinski definition) is 0. The maximum absolute atomic E-state index is 13.9. The highest BCUT2D eigenvalue weighted by atomic mass is 35.5. The van der Waals surface area contributed by atoms with E-state index in [-0.39, 0.29) is 29.5 Å². The smallest absolute Gasteiger partial charge is 0.402 e. The van der Waals surface area contributed by atoms with Gasteiger partial charge >= 0.3 is 7.82 Å². The Labute approximate surface area is 263 Å². The van der Waals surface area contributed by atoms with Crippen molar-refractivity contribution in [3.8, 4) is 11.8 Å². The molecule has 0 aromatic heterocycles. The van der Waals surface area contributed by atoms with Gasteiger partial charge in [-0.05, 0) is 42.3 Å². The summed E-state index contributed by atoms with van der Waals surface area (Å²) in [6.07, 6.45) is 19.3. The van der Waals surface area contributed by atoms with Crippen LogP contribution in [0.1, 0.15) is 121 Å². The Hall–Kier alpha value is -1.94. The third kappa shape index (κ3) is 16.6. The molecule has 2 atom stereocenters. The summed E-state index contributed by atoms with van der Waals surface area (Å²) >= 11 is 6.15. The minimum absolute atomic E-state index is 0.0470. The highest BCUT2D eigenvalue weighted by Crippen LogP contribution is 2.50. The Bertz CT molecular complexity index is 1130. The van der Waals surface area contributed by atoms with Crippen LogP contribution in [0.3, 0.4) is 0 Å². The van der Waals surface area contributed by atoms with Crippen molar-refractivity contribution in [1.29, 1.82) is 5.26 Å². The Morgan fingerprint density at radius 2 is 1.47 bits per heavy atom. The second-order valence-corrected chi connectivity index (χ2v) is 13.2. The average molecular weight is 638 g/mol. The number of para-hydroxylation sites is 1. The molecule has 6 nitrogen and oxygen atoms in total. The molecular weight excluding hydrogens is 588 g/mol. The molecule has 0 heterocycles. The molecule has 0 fully saturated rings. The summed E-state index contributed by atoms with van der Waals surface area (Å²) in [4.78, 5) is 0. The molecule has 240 valence electrons. The third-order valence-corrected chi connectivity index (χ3v) is 9.04. The number of phosphoric acid groups is 1. The van der Waals surface area contributed by atoms with E-state index in [1.807, 2.05) is 6.07 Å². The molecule has 0 aliphatic heterocycles. The largest absolute Gasteiger partial charge is 0.529 e. The summed E-state index contributed by atoms with van der Waals surface area (Å²) in [6.45, 7) is 2.30. The predicted octanol–water partition coefficient (Wildman–Crippen LogP) is 11.3. The molecule has 0 spiro atoms. The average Bonchev–Trinajstić information content (AvgIpc) is 3.00. The summed E-state index contributed by atoms with van der Waals surface area (Å²) in [5, 5.41) is 9.45. The predicted molar refractivity (Wildman–Crippen MR) is 172 cm³/mol. The summed E-state index contributed by atoms with van der Waals surface area (Å²) < 4.78 is 49.4. The standard InChI is InChI=1S/C34H50ClFNO5P/c1-3-4-5-6-7-8-9-10-11-12-13-14-15-16-17-20-32(40-27-30-23-29(26-37)24-31(36)25-30)28-41-43(38,39-2)42-34-22-19-18-21-33(34)35/h18-19,21-25,32H,3-17,20,27-28H2,1-2H3. The van der Waals surface area contributed by atoms with E-state index in [9.17, 15) is 8.96 Å². The number of benzene rings is 2. The van der Waals surface area contributed by atoms with Crippen LogP contribution in [-0.2, 0) is 25.0 Å². The number of nitriles is 1. The molecule has 0 N–H and O–H groups in total. The van der Waals surface area contributed by atoms with Gasteiger partial charge in [0.05, 0.1) is 36.0 Å². The lowest BCUT2D eigenvalue weighted by Gasteiger charge is -2.22. The molecule has 0 saturated carbocycles. The first-order valence-electron chi connectivity index (χ1n) is 15.9. The number of ether oxygens (including phenoxy) is 1. The summed E-state index contributed by atoms with van der Waals surface area (Å²) in [5.41, 5.74) is 0.770. The van der Waals surface area contributed by atoms with Gasteiger partial charge in [-0.2, -0.15) is 5.26 Å². The van der Waals surface area contributed by atoms with Crippen LogP contribution in [0.2, 0.25) is 5.02 Å². The molecular formula is C34H50ClFNO5P. The Morgan fingerprint density at radius 3 is 2.02 bits per heavy atom. The van der Waals surface area contributed by atoms with Gasteiger partial charge in [0.1, 0.15) is 11.6 Å². The lowest BCUT2D eigenvalue weighted by Crippen LogP contribution is -2.20. The van der Waals surface area contributed by atoms with Gasteiger partial charge in [-0.1, -0.05) is 127 Å². The molecule has 2 unspecified atom stereocenters. The monoisotopic (exact) mass is 637 g/mol. The van der Waals surface area contributed by atoms with E-state index in [1.54, 1.807) is 30.3 Å². The summed E-state index contributed by atoms with van der Waals surface area (Å²) in [7, 11) is -2.71. The Morgan fingerprint density at radius 1 is 0.884 bits per heavy atom. The van der Waals surface area contributed by atoms with Crippen LogP contribution in [0, 0.1) is 17.1 Å². The highest BCUT2D eigenvalue weighted by molar-refractivity contribution is 7.48. The van der Waals surface area contributed by atoms with E-state index >= 15 is 0 Å². The van der Waals surface area contributed by atoms with Gasteiger partial charge in [0.15, 0.2) is 0 Å². The van der Waals surface area contributed by atoms with Crippen LogP contribution in [0.15, 0.2) is 42.5 Å². The van der Waals surface area contributed by atoms with Gasteiger partial charge < -0.3 is 9.26 Å². The van der Waals surface area contributed by atoms with Crippen LogP contribution < -0.4 is 4.52 Å². The van der Waals surface area contributed by atoms with Gasteiger partial charge in [-0.3, -0.25) is 9.05 Å². The van der Waals surface area contributed by atoms with Gasteiger partial charge in [0, 0.05) is 7.11 Å². The van der Waals surface area contributed by atoms with E-state index in [4.69, 9.17) is 35.2 Å². The zero-order valence-corrected chi connectivity index (χ0v) is 27.7. The molecule has 9 heteroatoms. The number of phosphoric ester groups is 1. The molecule has 0 radical (unpaired) electrons. The van der Waals surface area contributed by atoms with Crippen molar-refractivity contribution in [2.24, 2.45) is 0 Å². The molecule has 2 aromatic carbocycles. The van der Waals surface area contributed by atoms with Crippen molar-refractivity contribution in [1.82, 2.24) is 0 Å². The first-order chi connectivity index (χ1) is 20.9. The third-order valence-electron chi connectivity index (χ3n) is 7.39. The van der Waals surface area contributed by atoms with E-state index in [0.717, 1.165) is 19.3 Å². The number of halogens is 2. The molecule has 43 heavy (non-hydrogen) atoms. The van der Waals surface area contributed by atoms with Crippen LogP contribution in [0.4, 0.5) is 4.39 Å². The molecule has 2 rings (SSSR count). The lowest BCUT2D eigenvalue weighted by molar-refractivity contribution is -0.00443. The summed E-state index contributed by atoms with van der Waals surface area (Å²) in [6, 6.07) is 12.7. The highest BCUT2D eigenvalue weighted by Gasteiger charge is 2.29. The second kappa shape index (κ2) is 22.6. The van der Waals surface area contributed by atoms with E-state index < -0.39 is 19.7 Å². The van der Waals surface area contributed by atoms with Crippen LogP contribution in [0.5, 0.6) is 5.75 Å². The van der Waals surface area contributed by atoms with E-state index in [0.29, 0.717) is 12.0 Å². The Kier molecular flexibility index (Phi) is 19.5. The minimum Gasteiger partial charge on any atom is -0.402 e. The maximum Gasteiger partial charge on any atom is 0.529 e. The van der Waals surface area contributed by atoms with Crippen LogP contribution in [0.25, 0.3) is 0 Å². The van der Waals surface area contributed by atoms with Crippen molar-refractivity contribution in [3.05, 3.63) is 64.4 Å². The quantitative estimate of drug-likeness (QED) is 0.0796. The van der Waals surface area contributed by atoms with Crippen molar-refractivity contribution in [2.45, 2.75) is 122 Å². The van der Waals surface area contributed by atoms with E-state index in [2.05, 4.69) is 6.92 Å². The molecule has 0 amide bonds. The van der Waals surface area contributed by atoms with Gasteiger partial charge in [0.2, 0.25) is 0 Å². The fraction of sp³-hybridized carbons (Fsp3) is 0.618. The zero-order chi connectivity index (χ0) is 31.2. The topological polar surface area (TPSA) is 77.8 Å². The normalized spacial score (nSPS) is 13.4. The minimum atomic E-state index is -3.96. The molecule has 0 aliphatic rings. The van der Waals surface area contributed by atoms with Gasteiger partial charge in [-0.15, -0.1) is 0 Å². The van der Waals surface area contributed by atoms with Gasteiger partial charge in [0.25, 0.3) is 0 Å². The van der Waals surface area contributed by atoms with Gasteiger partial charge in [-0.25, -0.2) is 8.96 Å². The Balaban J connectivity index is 1.76. The molecule has 0 bridgehead atoms. The number of nitrogens with zero attached hydrogens (tertiary/aromatic N) is 1. The summed E-state index contributed by atoms with van der Waals surface area (Å²) in [5.74, 6) is -0.303. The fourth-order valence-electron chi connectivity index (χ4n) is 4.90. The fourth-order valence-corrected chi connectivity index (χ4v) is 6.11. The lowest BCUT2D eigenvalue weighted by atomic mass is 10.0. The molecule has 0 saturated heterocycles. The number of unbranched alkanes of at least 4 members (excludes halogenated alkanes) is 14. The number of hydrogen-bond acceptors (Lipinski definition) is 6. The molecule has 0 aliphatic carbocycles. The van der Waals surface area contributed by atoms with Crippen molar-refractivity contribution >= 4 is 19.4 Å².